The fourth-order valence-electron chi connectivity index (χ4n) is 1.49. The number of alkyl halides is 1. The van der Waals surface area contributed by atoms with E-state index in [1.54, 1.807) is 11.3 Å². The highest BCUT2D eigenvalue weighted by molar-refractivity contribution is 9.08. The fraction of sp³-hybridized carbons (Fsp3) is 0.273. The lowest BCUT2D eigenvalue weighted by atomic mass is 10.1. The average molecular weight is 290 g/mol. The predicted molar refractivity (Wildman–Crippen MR) is 68.8 cm³/mol. The highest BCUT2D eigenvalue weighted by atomic mass is 79.9. The number of fused-ring (bicyclic) bond motifs is 1. The number of halogens is 2. The second-order valence-corrected chi connectivity index (χ2v) is 5.25. The van der Waals surface area contributed by atoms with Gasteiger partial charge in [0, 0.05) is 10.2 Å². The van der Waals surface area contributed by atoms with Crippen LogP contribution in [0.1, 0.15) is 17.4 Å². The highest BCUT2D eigenvalue weighted by Gasteiger charge is 2.07. The molecule has 2 rings (SSSR count). The average Bonchev–Trinajstić information content (AvgIpc) is 2.63. The summed E-state index contributed by atoms with van der Waals surface area (Å²) in [7, 11) is 0. The van der Waals surface area contributed by atoms with Gasteiger partial charge in [0.25, 0.3) is 0 Å². The maximum Gasteiger partial charge on any atom is 0.0584 e. The van der Waals surface area contributed by atoms with Crippen molar-refractivity contribution in [3.8, 4) is 0 Å². The van der Waals surface area contributed by atoms with E-state index < -0.39 is 0 Å². The van der Waals surface area contributed by atoms with Gasteiger partial charge in [-0.15, -0.1) is 11.3 Å². The van der Waals surface area contributed by atoms with Gasteiger partial charge < -0.3 is 0 Å². The van der Waals surface area contributed by atoms with Crippen LogP contribution in [0.3, 0.4) is 0 Å². The maximum atomic E-state index is 6.15. The van der Waals surface area contributed by atoms with E-state index in [0.717, 1.165) is 16.8 Å². The molecule has 0 radical (unpaired) electrons. The lowest BCUT2D eigenvalue weighted by molar-refractivity contribution is 1.19. The SMILES string of the molecule is CCc1cc2c(CBr)ccc(Cl)c2s1. The van der Waals surface area contributed by atoms with Crippen molar-refractivity contribution in [1.82, 2.24) is 0 Å². The summed E-state index contributed by atoms with van der Waals surface area (Å²) < 4.78 is 1.22. The van der Waals surface area contributed by atoms with E-state index in [4.69, 9.17) is 11.6 Å². The van der Waals surface area contributed by atoms with Crippen LogP contribution in [0.2, 0.25) is 5.02 Å². The maximum absolute atomic E-state index is 6.15. The highest BCUT2D eigenvalue weighted by Crippen LogP contribution is 2.35. The largest absolute Gasteiger partial charge is 0.139 e. The Morgan fingerprint density at radius 1 is 1.43 bits per heavy atom. The molecule has 0 aliphatic carbocycles. The van der Waals surface area contributed by atoms with Gasteiger partial charge in [0.2, 0.25) is 0 Å². The summed E-state index contributed by atoms with van der Waals surface area (Å²) in [5.74, 6) is 0. The second-order valence-electron chi connectivity index (χ2n) is 3.15. The molecule has 0 spiro atoms. The number of benzene rings is 1. The molecular formula is C11H10BrClS. The Kier molecular flexibility index (Phi) is 3.15. The van der Waals surface area contributed by atoms with Crippen LogP contribution < -0.4 is 0 Å². The van der Waals surface area contributed by atoms with Crippen molar-refractivity contribution < 1.29 is 0 Å². The van der Waals surface area contributed by atoms with Crippen molar-refractivity contribution >= 4 is 49.0 Å². The minimum atomic E-state index is 0.870. The molecule has 2 aromatic rings. The third-order valence-electron chi connectivity index (χ3n) is 2.27. The van der Waals surface area contributed by atoms with Gasteiger partial charge >= 0.3 is 0 Å². The molecule has 0 bridgehead atoms. The van der Waals surface area contributed by atoms with Crippen molar-refractivity contribution in [2.75, 3.05) is 0 Å². The molecule has 0 aliphatic rings. The Bertz CT molecular complexity index is 462. The van der Waals surface area contributed by atoms with Crippen LogP contribution in [0.4, 0.5) is 0 Å². The molecule has 0 saturated heterocycles. The third kappa shape index (κ3) is 1.71. The van der Waals surface area contributed by atoms with Gasteiger partial charge in [-0.3, -0.25) is 0 Å². The third-order valence-corrected chi connectivity index (χ3v) is 4.61. The lowest BCUT2D eigenvalue weighted by Gasteiger charge is -1.98. The van der Waals surface area contributed by atoms with E-state index in [1.807, 2.05) is 6.07 Å². The first-order chi connectivity index (χ1) is 6.76. The Morgan fingerprint density at radius 3 is 2.86 bits per heavy atom. The topological polar surface area (TPSA) is 0 Å². The first-order valence-corrected chi connectivity index (χ1v) is 6.83. The summed E-state index contributed by atoms with van der Waals surface area (Å²) >= 11 is 11.4. The molecule has 0 atom stereocenters. The summed E-state index contributed by atoms with van der Waals surface area (Å²) in [4.78, 5) is 1.40. The zero-order valence-electron chi connectivity index (χ0n) is 7.81. The normalized spacial score (nSPS) is 11.1. The van der Waals surface area contributed by atoms with Gasteiger partial charge in [-0.25, -0.2) is 0 Å². The number of thiophene rings is 1. The molecule has 14 heavy (non-hydrogen) atoms. The van der Waals surface area contributed by atoms with E-state index >= 15 is 0 Å². The molecule has 3 heteroatoms. The molecule has 0 N–H and O–H groups in total. The summed E-state index contributed by atoms with van der Waals surface area (Å²) in [5.41, 5.74) is 1.32. The van der Waals surface area contributed by atoms with Crippen molar-refractivity contribution in [2.45, 2.75) is 18.7 Å². The van der Waals surface area contributed by atoms with Gasteiger partial charge in [0.05, 0.1) is 9.72 Å². The summed E-state index contributed by atoms with van der Waals surface area (Å²) in [6.45, 7) is 2.17. The zero-order chi connectivity index (χ0) is 10.1. The van der Waals surface area contributed by atoms with E-state index in [1.165, 1.54) is 20.5 Å². The van der Waals surface area contributed by atoms with Crippen LogP contribution in [0.15, 0.2) is 18.2 Å². The summed E-state index contributed by atoms with van der Waals surface area (Å²) in [5, 5.41) is 3.06. The van der Waals surface area contributed by atoms with Crippen LogP contribution in [0, 0.1) is 0 Å². The number of rotatable bonds is 2. The molecule has 0 unspecified atom stereocenters. The van der Waals surface area contributed by atoms with Crippen molar-refractivity contribution in [3.05, 3.63) is 33.7 Å². The number of aryl methyl sites for hydroxylation is 1. The molecule has 0 saturated carbocycles. The minimum Gasteiger partial charge on any atom is -0.139 e. The summed E-state index contributed by atoms with van der Waals surface area (Å²) in [6.07, 6.45) is 1.08. The standard InChI is InChI=1S/C11H10BrClS/c1-2-8-5-9-7(6-12)3-4-10(13)11(9)14-8/h3-5H,2,6H2,1H3. The molecule has 0 fully saturated rings. The smallest absolute Gasteiger partial charge is 0.0584 e. The van der Waals surface area contributed by atoms with Gasteiger partial charge in [-0.2, -0.15) is 0 Å². The van der Waals surface area contributed by atoms with E-state index in [2.05, 4.69) is 35.0 Å². The first-order valence-electron chi connectivity index (χ1n) is 4.52. The van der Waals surface area contributed by atoms with E-state index in [-0.39, 0.29) is 0 Å². The van der Waals surface area contributed by atoms with Gasteiger partial charge in [-0.05, 0) is 29.5 Å². The summed E-state index contributed by atoms with van der Waals surface area (Å²) in [6, 6.07) is 6.32. The monoisotopic (exact) mass is 288 g/mol. The molecule has 1 aromatic carbocycles. The molecule has 0 aliphatic heterocycles. The van der Waals surface area contributed by atoms with Gasteiger partial charge in [0.15, 0.2) is 0 Å². The fourth-order valence-corrected chi connectivity index (χ4v) is 3.31. The minimum absolute atomic E-state index is 0.870. The Morgan fingerprint density at radius 2 is 2.21 bits per heavy atom. The molecule has 0 nitrogen and oxygen atoms in total. The van der Waals surface area contributed by atoms with Crippen LogP contribution >= 0.6 is 38.9 Å². The van der Waals surface area contributed by atoms with Crippen LogP contribution in [-0.4, -0.2) is 0 Å². The molecule has 74 valence electrons. The zero-order valence-corrected chi connectivity index (χ0v) is 11.0. The van der Waals surface area contributed by atoms with E-state index in [9.17, 15) is 0 Å². The van der Waals surface area contributed by atoms with E-state index in [0.29, 0.717) is 0 Å². The second kappa shape index (κ2) is 4.21. The first kappa shape index (κ1) is 10.5. The van der Waals surface area contributed by atoms with Crippen LogP contribution in [-0.2, 0) is 11.8 Å². The van der Waals surface area contributed by atoms with Gasteiger partial charge in [-0.1, -0.05) is 40.5 Å². The molecular weight excluding hydrogens is 280 g/mol. The van der Waals surface area contributed by atoms with Crippen molar-refractivity contribution in [1.29, 1.82) is 0 Å². The number of hydrogen-bond acceptors (Lipinski definition) is 1. The molecule has 1 heterocycles. The lowest BCUT2D eigenvalue weighted by Crippen LogP contribution is -1.77. The van der Waals surface area contributed by atoms with Crippen LogP contribution in [0.25, 0.3) is 10.1 Å². The molecule has 1 aromatic heterocycles. The Hall–Kier alpha value is -0.0500. The van der Waals surface area contributed by atoms with Crippen LogP contribution in [0.5, 0.6) is 0 Å². The predicted octanol–water partition coefficient (Wildman–Crippen LogP) is 5.01. The quantitative estimate of drug-likeness (QED) is 0.682. The number of hydrogen-bond donors (Lipinski definition) is 0. The van der Waals surface area contributed by atoms with Crippen molar-refractivity contribution in [2.24, 2.45) is 0 Å². The Balaban J connectivity index is 2.74. The molecule has 0 amide bonds. The van der Waals surface area contributed by atoms with Gasteiger partial charge in [0.1, 0.15) is 0 Å². The Labute approximate surface area is 101 Å². The van der Waals surface area contributed by atoms with Crippen molar-refractivity contribution in [3.63, 3.8) is 0 Å².